The van der Waals surface area contributed by atoms with Crippen molar-refractivity contribution in [2.45, 2.75) is 45.9 Å². The van der Waals surface area contributed by atoms with Crippen molar-refractivity contribution in [1.82, 2.24) is 19.7 Å². The number of carbonyl (C=O) groups is 1. The SMILES string of the molecule is COC(=O)[C@@H](OC(C)(C)C)c1c(C)nc2c(cnn2Cc2ccccn2)c1I. The van der Waals surface area contributed by atoms with E-state index in [1.807, 2.05) is 50.6 Å². The normalized spacial score (nSPS) is 12.9. The molecule has 0 spiro atoms. The van der Waals surface area contributed by atoms with E-state index in [0.717, 1.165) is 20.3 Å². The number of halogens is 1. The zero-order valence-electron chi connectivity index (χ0n) is 16.6. The van der Waals surface area contributed by atoms with Crippen LogP contribution in [0.4, 0.5) is 0 Å². The molecule has 3 aromatic rings. The van der Waals surface area contributed by atoms with E-state index >= 15 is 0 Å². The molecule has 0 aliphatic carbocycles. The third-order valence-corrected chi connectivity index (χ3v) is 5.30. The molecule has 0 bridgehead atoms. The highest BCUT2D eigenvalue weighted by atomic mass is 127. The molecule has 0 unspecified atom stereocenters. The fraction of sp³-hybridized carbons (Fsp3) is 0.400. The zero-order chi connectivity index (χ0) is 20.5. The van der Waals surface area contributed by atoms with Gasteiger partial charge in [-0.1, -0.05) is 6.07 Å². The van der Waals surface area contributed by atoms with Crippen LogP contribution in [0.15, 0.2) is 30.6 Å². The summed E-state index contributed by atoms with van der Waals surface area (Å²) < 4.78 is 13.7. The van der Waals surface area contributed by atoms with Gasteiger partial charge in [0.05, 0.1) is 36.5 Å². The highest BCUT2D eigenvalue weighted by Crippen LogP contribution is 2.34. The number of fused-ring (bicyclic) bond motifs is 1. The lowest BCUT2D eigenvalue weighted by atomic mass is 10.0. The van der Waals surface area contributed by atoms with Crippen molar-refractivity contribution < 1.29 is 14.3 Å². The smallest absolute Gasteiger partial charge is 0.339 e. The Morgan fingerprint density at radius 2 is 2.07 bits per heavy atom. The third kappa shape index (κ3) is 4.33. The number of aromatic nitrogens is 4. The van der Waals surface area contributed by atoms with E-state index in [0.29, 0.717) is 17.8 Å². The fourth-order valence-corrected chi connectivity index (χ4v) is 3.98. The van der Waals surface area contributed by atoms with Crippen molar-refractivity contribution in [3.8, 4) is 0 Å². The second-order valence-corrected chi connectivity index (χ2v) is 8.50. The van der Waals surface area contributed by atoms with Crippen LogP contribution < -0.4 is 0 Å². The Kier molecular flexibility index (Phi) is 5.99. The van der Waals surface area contributed by atoms with Gasteiger partial charge in [0.25, 0.3) is 0 Å². The maximum absolute atomic E-state index is 12.5. The van der Waals surface area contributed by atoms with Gasteiger partial charge in [0.15, 0.2) is 11.8 Å². The molecular weight excluding hydrogens is 471 g/mol. The summed E-state index contributed by atoms with van der Waals surface area (Å²) in [5, 5.41) is 5.35. The highest BCUT2D eigenvalue weighted by molar-refractivity contribution is 14.1. The minimum Gasteiger partial charge on any atom is -0.467 e. The monoisotopic (exact) mass is 494 g/mol. The Hall–Kier alpha value is -2.07. The van der Waals surface area contributed by atoms with E-state index in [1.165, 1.54) is 7.11 Å². The maximum atomic E-state index is 12.5. The van der Waals surface area contributed by atoms with Crippen LogP contribution in [0.1, 0.15) is 43.8 Å². The number of ether oxygens (including phenoxy) is 2. The number of esters is 1. The second kappa shape index (κ2) is 8.12. The number of aryl methyl sites for hydroxylation is 1. The minimum atomic E-state index is -0.854. The van der Waals surface area contributed by atoms with Crippen LogP contribution in [0, 0.1) is 10.5 Å². The molecule has 28 heavy (non-hydrogen) atoms. The van der Waals surface area contributed by atoms with Gasteiger partial charge in [-0.3, -0.25) is 4.98 Å². The van der Waals surface area contributed by atoms with Crippen LogP contribution in [0.3, 0.4) is 0 Å². The summed E-state index contributed by atoms with van der Waals surface area (Å²) in [6, 6.07) is 5.77. The third-order valence-electron chi connectivity index (χ3n) is 4.13. The Labute approximate surface area is 177 Å². The first kappa shape index (κ1) is 20.7. The molecular formula is C20H23IN4O3. The fourth-order valence-electron chi connectivity index (χ4n) is 2.93. The first-order chi connectivity index (χ1) is 13.2. The average Bonchev–Trinajstić information content (AvgIpc) is 3.03. The standard InChI is InChI=1S/C20H23IN4O3/c1-12-15(17(19(26)27-5)28-20(2,3)4)16(21)14-10-23-25(18(14)24-12)11-13-8-6-7-9-22-13/h6-10,17H,11H2,1-5H3/t17-/m0/s1. The van der Waals surface area contributed by atoms with Gasteiger partial charge >= 0.3 is 5.97 Å². The Morgan fingerprint density at radius 3 is 2.68 bits per heavy atom. The number of nitrogens with zero attached hydrogens (tertiary/aromatic N) is 4. The number of pyridine rings is 2. The first-order valence-corrected chi connectivity index (χ1v) is 9.96. The van der Waals surface area contributed by atoms with Gasteiger partial charge in [-0.2, -0.15) is 5.10 Å². The maximum Gasteiger partial charge on any atom is 0.339 e. The van der Waals surface area contributed by atoms with Gasteiger partial charge in [-0.25, -0.2) is 14.5 Å². The molecule has 3 heterocycles. The summed E-state index contributed by atoms with van der Waals surface area (Å²) in [6.07, 6.45) is 2.67. The van der Waals surface area contributed by atoms with Gasteiger partial charge in [-0.15, -0.1) is 0 Å². The summed E-state index contributed by atoms with van der Waals surface area (Å²) in [6.45, 7) is 8.11. The number of carbonyl (C=O) groups excluding carboxylic acids is 1. The molecule has 3 aromatic heterocycles. The van der Waals surface area contributed by atoms with E-state index in [9.17, 15) is 4.79 Å². The molecule has 3 rings (SSSR count). The molecule has 148 valence electrons. The van der Waals surface area contributed by atoms with Gasteiger partial charge < -0.3 is 9.47 Å². The van der Waals surface area contributed by atoms with Crippen molar-refractivity contribution >= 4 is 39.6 Å². The lowest BCUT2D eigenvalue weighted by molar-refractivity contribution is -0.164. The van der Waals surface area contributed by atoms with Crippen molar-refractivity contribution in [3.63, 3.8) is 0 Å². The summed E-state index contributed by atoms with van der Waals surface area (Å²) in [5.74, 6) is -0.446. The molecule has 0 saturated carbocycles. The van der Waals surface area contributed by atoms with E-state index < -0.39 is 17.7 Å². The van der Waals surface area contributed by atoms with Gasteiger partial charge in [-0.05, 0) is 62.4 Å². The highest BCUT2D eigenvalue weighted by Gasteiger charge is 2.32. The Bertz CT molecular complexity index is 996. The zero-order valence-corrected chi connectivity index (χ0v) is 18.7. The average molecular weight is 494 g/mol. The molecule has 7 nitrogen and oxygen atoms in total. The minimum absolute atomic E-state index is 0.446. The van der Waals surface area contributed by atoms with Crippen LogP contribution in [-0.4, -0.2) is 38.4 Å². The van der Waals surface area contributed by atoms with E-state index in [2.05, 4.69) is 32.7 Å². The lowest BCUT2D eigenvalue weighted by Gasteiger charge is -2.27. The second-order valence-electron chi connectivity index (χ2n) is 7.42. The topological polar surface area (TPSA) is 79.1 Å². The molecule has 0 aliphatic heterocycles. The molecule has 0 amide bonds. The number of methoxy groups -OCH3 is 1. The van der Waals surface area contributed by atoms with Crippen molar-refractivity contribution in [1.29, 1.82) is 0 Å². The molecule has 0 fully saturated rings. The van der Waals surface area contributed by atoms with Crippen LogP contribution in [0.2, 0.25) is 0 Å². The van der Waals surface area contributed by atoms with E-state index in [4.69, 9.17) is 14.5 Å². The molecule has 0 aromatic carbocycles. The van der Waals surface area contributed by atoms with Crippen molar-refractivity contribution in [3.05, 3.63) is 51.1 Å². The van der Waals surface area contributed by atoms with Crippen LogP contribution in [-0.2, 0) is 20.8 Å². The molecule has 0 aliphatic rings. The van der Waals surface area contributed by atoms with Crippen molar-refractivity contribution in [2.75, 3.05) is 7.11 Å². The predicted octanol–water partition coefficient (Wildman–Crippen LogP) is 3.82. The molecule has 1 atom stereocenters. The lowest BCUT2D eigenvalue weighted by Crippen LogP contribution is -2.29. The van der Waals surface area contributed by atoms with Gasteiger partial charge in [0, 0.05) is 21.0 Å². The van der Waals surface area contributed by atoms with Crippen LogP contribution in [0.25, 0.3) is 11.0 Å². The van der Waals surface area contributed by atoms with E-state index in [-0.39, 0.29) is 0 Å². The van der Waals surface area contributed by atoms with E-state index in [1.54, 1.807) is 12.4 Å². The molecule has 0 saturated heterocycles. The Morgan fingerprint density at radius 1 is 1.32 bits per heavy atom. The van der Waals surface area contributed by atoms with Gasteiger partial charge in [0.1, 0.15) is 0 Å². The first-order valence-electron chi connectivity index (χ1n) is 8.88. The summed E-state index contributed by atoms with van der Waals surface area (Å²) in [7, 11) is 1.36. The van der Waals surface area contributed by atoms with Crippen LogP contribution in [0.5, 0.6) is 0 Å². The Balaban J connectivity index is 2.08. The molecule has 0 radical (unpaired) electrons. The number of rotatable bonds is 5. The van der Waals surface area contributed by atoms with Crippen LogP contribution >= 0.6 is 22.6 Å². The quantitative estimate of drug-likeness (QED) is 0.397. The summed E-state index contributed by atoms with van der Waals surface area (Å²) in [5.41, 5.74) is 2.55. The largest absolute Gasteiger partial charge is 0.467 e. The molecule has 0 N–H and O–H groups in total. The van der Waals surface area contributed by atoms with Gasteiger partial charge in [0.2, 0.25) is 0 Å². The predicted molar refractivity (Wildman–Crippen MR) is 114 cm³/mol. The molecule has 8 heteroatoms. The number of hydrogen-bond acceptors (Lipinski definition) is 6. The number of hydrogen-bond donors (Lipinski definition) is 0. The summed E-state index contributed by atoms with van der Waals surface area (Å²) in [4.78, 5) is 21.6. The summed E-state index contributed by atoms with van der Waals surface area (Å²) >= 11 is 2.23. The van der Waals surface area contributed by atoms with Crippen molar-refractivity contribution in [2.24, 2.45) is 0 Å².